The fourth-order valence-electron chi connectivity index (χ4n) is 3.26. The second kappa shape index (κ2) is 11.2. The Labute approximate surface area is 202 Å². The first kappa shape index (κ1) is 26.9. The Morgan fingerprint density at radius 3 is 2.12 bits per heavy atom. The molecule has 0 aliphatic carbocycles. The first-order chi connectivity index (χ1) is 15.7. The number of carbonyl (C=O) groups excluding carboxylic acids is 3. The third kappa shape index (κ3) is 9.25. The zero-order chi connectivity index (χ0) is 25.5. The second-order valence-corrected chi connectivity index (χ2v) is 10.7. The van der Waals surface area contributed by atoms with Gasteiger partial charge in [0.25, 0.3) is 5.91 Å². The van der Waals surface area contributed by atoms with E-state index in [-0.39, 0.29) is 11.3 Å². The molecule has 2 aromatic carbocycles. The van der Waals surface area contributed by atoms with Gasteiger partial charge in [0.1, 0.15) is 11.6 Å². The highest BCUT2D eigenvalue weighted by atomic mass is 16.6. The van der Waals surface area contributed by atoms with Crippen molar-refractivity contribution in [2.45, 2.75) is 73.1 Å². The first-order valence-corrected chi connectivity index (χ1v) is 11.5. The van der Waals surface area contributed by atoms with Crippen LogP contribution in [0.2, 0.25) is 0 Å². The molecular formula is C27H37N3O4. The molecule has 34 heavy (non-hydrogen) atoms. The molecule has 0 saturated heterocycles. The maximum Gasteiger partial charge on any atom is 0.408 e. The van der Waals surface area contributed by atoms with Crippen LogP contribution in [0.25, 0.3) is 0 Å². The molecule has 7 heteroatoms. The molecule has 0 saturated carbocycles. The Bertz CT molecular complexity index is 1000. The number of para-hydroxylation sites is 1. The van der Waals surface area contributed by atoms with E-state index in [0.29, 0.717) is 24.2 Å². The molecule has 7 nitrogen and oxygen atoms in total. The van der Waals surface area contributed by atoms with Crippen LogP contribution in [-0.2, 0) is 16.1 Å². The van der Waals surface area contributed by atoms with Crippen molar-refractivity contribution in [1.29, 1.82) is 0 Å². The van der Waals surface area contributed by atoms with Crippen LogP contribution in [0.5, 0.6) is 0 Å². The van der Waals surface area contributed by atoms with Crippen LogP contribution in [-0.4, -0.2) is 29.6 Å². The van der Waals surface area contributed by atoms with Gasteiger partial charge in [0.2, 0.25) is 5.91 Å². The highest BCUT2D eigenvalue weighted by Gasteiger charge is 2.29. The molecular weight excluding hydrogens is 430 g/mol. The highest BCUT2D eigenvalue weighted by molar-refractivity contribution is 6.05. The molecule has 0 heterocycles. The van der Waals surface area contributed by atoms with Crippen molar-refractivity contribution in [1.82, 2.24) is 10.6 Å². The van der Waals surface area contributed by atoms with E-state index >= 15 is 0 Å². The van der Waals surface area contributed by atoms with Gasteiger partial charge in [-0.25, -0.2) is 4.79 Å². The lowest BCUT2D eigenvalue weighted by Crippen LogP contribution is -2.47. The number of ether oxygens (including phenoxy) is 1. The zero-order valence-electron chi connectivity index (χ0n) is 21.2. The van der Waals surface area contributed by atoms with Crippen LogP contribution in [0.4, 0.5) is 10.5 Å². The minimum atomic E-state index is -0.835. The van der Waals surface area contributed by atoms with Crippen LogP contribution in [0.15, 0.2) is 48.5 Å². The fraction of sp³-hybridized carbons (Fsp3) is 0.444. The minimum Gasteiger partial charge on any atom is -0.444 e. The number of rotatable bonds is 7. The Kier molecular flexibility index (Phi) is 8.85. The van der Waals surface area contributed by atoms with Crippen molar-refractivity contribution in [2.24, 2.45) is 5.41 Å². The SMILES string of the molecule is Cc1ccc(CNC(=O)c2ccccc2NC(=O)C(CC(C)(C)C)NC(=O)OC(C)(C)C)cc1. The summed E-state index contributed by atoms with van der Waals surface area (Å²) in [5.74, 6) is -0.719. The predicted molar refractivity (Wildman–Crippen MR) is 135 cm³/mol. The number of alkyl carbamates (subject to hydrolysis) is 1. The lowest BCUT2D eigenvalue weighted by Gasteiger charge is -2.28. The molecule has 0 bridgehead atoms. The molecule has 2 aromatic rings. The Balaban J connectivity index is 2.14. The van der Waals surface area contributed by atoms with Crippen molar-refractivity contribution in [3.8, 4) is 0 Å². The highest BCUT2D eigenvalue weighted by Crippen LogP contribution is 2.23. The van der Waals surface area contributed by atoms with E-state index in [4.69, 9.17) is 4.74 Å². The van der Waals surface area contributed by atoms with Crippen LogP contribution in [0.3, 0.4) is 0 Å². The number of aryl methyl sites for hydroxylation is 1. The average Bonchev–Trinajstić information content (AvgIpc) is 2.70. The molecule has 0 fully saturated rings. The van der Waals surface area contributed by atoms with Gasteiger partial charge in [-0.15, -0.1) is 0 Å². The summed E-state index contributed by atoms with van der Waals surface area (Å²) >= 11 is 0. The molecule has 3 amide bonds. The molecule has 1 unspecified atom stereocenters. The minimum absolute atomic E-state index is 0.234. The number of carbonyl (C=O) groups is 3. The summed E-state index contributed by atoms with van der Waals surface area (Å²) in [6.45, 7) is 13.6. The van der Waals surface area contributed by atoms with Crippen molar-refractivity contribution in [3.63, 3.8) is 0 Å². The van der Waals surface area contributed by atoms with Gasteiger partial charge in [0.15, 0.2) is 0 Å². The number of benzene rings is 2. The summed E-state index contributed by atoms with van der Waals surface area (Å²) < 4.78 is 5.33. The summed E-state index contributed by atoms with van der Waals surface area (Å²) in [6, 6.07) is 13.9. The van der Waals surface area contributed by atoms with Gasteiger partial charge in [0.05, 0.1) is 11.3 Å². The molecule has 3 N–H and O–H groups in total. The monoisotopic (exact) mass is 467 g/mol. The maximum absolute atomic E-state index is 13.2. The topological polar surface area (TPSA) is 96.5 Å². The van der Waals surface area contributed by atoms with E-state index in [9.17, 15) is 14.4 Å². The standard InChI is InChI=1S/C27H37N3O4/c1-18-12-14-19(15-13-18)17-28-23(31)20-10-8-9-11-21(20)29-24(32)22(16-26(2,3)4)30-25(33)34-27(5,6)7/h8-15,22H,16-17H2,1-7H3,(H,28,31)(H,29,32)(H,30,33). The van der Waals surface area contributed by atoms with Crippen LogP contribution < -0.4 is 16.0 Å². The van der Waals surface area contributed by atoms with Gasteiger partial charge >= 0.3 is 6.09 Å². The summed E-state index contributed by atoms with van der Waals surface area (Å²) in [6.07, 6.45) is -0.277. The Morgan fingerprint density at radius 1 is 0.912 bits per heavy atom. The molecule has 0 radical (unpaired) electrons. The van der Waals surface area contributed by atoms with Crippen LogP contribution >= 0.6 is 0 Å². The summed E-state index contributed by atoms with van der Waals surface area (Å²) in [5.41, 5.74) is 1.92. The van der Waals surface area contributed by atoms with Crippen molar-refractivity contribution in [3.05, 3.63) is 65.2 Å². The number of nitrogens with one attached hydrogen (secondary N) is 3. The molecule has 0 spiro atoms. The second-order valence-electron chi connectivity index (χ2n) is 10.7. The summed E-state index contributed by atoms with van der Waals surface area (Å²) in [7, 11) is 0. The van der Waals surface area contributed by atoms with Crippen molar-refractivity contribution < 1.29 is 19.1 Å². The van der Waals surface area contributed by atoms with Gasteiger partial charge in [-0.1, -0.05) is 62.7 Å². The van der Waals surface area contributed by atoms with E-state index in [1.807, 2.05) is 52.0 Å². The molecule has 184 valence electrons. The van der Waals surface area contributed by atoms with Crippen LogP contribution in [0.1, 0.15) is 69.4 Å². The lowest BCUT2D eigenvalue weighted by molar-refractivity contribution is -0.118. The molecule has 0 aliphatic rings. The van der Waals surface area contributed by atoms with E-state index in [2.05, 4.69) is 16.0 Å². The Hall–Kier alpha value is -3.35. The number of anilines is 1. The predicted octanol–water partition coefficient (Wildman–Crippen LogP) is 5.19. The Morgan fingerprint density at radius 2 is 1.53 bits per heavy atom. The molecule has 0 aliphatic heterocycles. The van der Waals surface area contributed by atoms with Crippen LogP contribution in [0, 0.1) is 12.3 Å². The number of hydrogen-bond acceptors (Lipinski definition) is 4. The van der Waals surface area contributed by atoms with E-state index in [1.165, 1.54) is 0 Å². The normalized spacial score (nSPS) is 12.4. The molecule has 2 rings (SSSR count). The third-order valence-electron chi connectivity index (χ3n) is 4.83. The quantitative estimate of drug-likeness (QED) is 0.522. The third-order valence-corrected chi connectivity index (χ3v) is 4.83. The fourth-order valence-corrected chi connectivity index (χ4v) is 3.26. The van der Waals surface area contributed by atoms with Gasteiger partial charge in [-0.05, 0) is 57.2 Å². The van der Waals surface area contributed by atoms with E-state index in [1.54, 1.807) is 45.0 Å². The average molecular weight is 468 g/mol. The number of amides is 3. The van der Waals surface area contributed by atoms with Gasteiger partial charge in [-0.2, -0.15) is 0 Å². The van der Waals surface area contributed by atoms with Gasteiger partial charge < -0.3 is 20.7 Å². The van der Waals surface area contributed by atoms with Gasteiger partial charge in [0, 0.05) is 6.54 Å². The van der Waals surface area contributed by atoms with E-state index in [0.717, 1.165) is 11.1 Å². The molecule has 1 atom stereocenters. The zero-order valence-corrected chi connectivity index (χ0v) is 21.2. The lowest BCUT2D eigenvalue weighted by atomic mass is 9.87. The van der Waals surface area contributed by atoms with Gasteiger partial charge in [-0.3, -0.25) is 9.59 Å². The first-order valence-electron chi connectivity index (χ1n) is 11.5. The smallest absolute Gasteiger partial charge is 0.408 e. The molecule has 0 aromatic heterocycles. The number of hydrogen-bond donors (Lipinski definition) is 3. The maximum atomic E-state index is 13.2. The van der Waals surface area contributed by atoms with Crippen molar-refractivity contribution >= 4 is 23.6 Å². The summed E-state index contributed by atoms with van der Waals surface area (Å²) in [5, 5.41) is 8.39. The summed E-state index contributed by atoms with van der Waals surface area (Å²) in [4.78, 5) is 38.4. The van der Waals surface area contributed by atoms with E-state index < -0.39 is 23.6 Å². The largest absolute Gasteiger partial charge is 0.444 e. The van der Waals surface area contributed by atoms with Crippen molar-refractivity contribution in [2.75, 3.05) is 5.32 Å².